The standard InChI is InChI=1S/C13H11N3O2S/c14-10-7-15-4-3-13(10)19-8-9-6-12(18-16-9)11-2-1-5-17-11/h1-7H,8,14H2. The summed E-state index contributed by atoms with van der Waals surface area (Å²) in [6.45, 7) is 0. The van der Waals surface area contributed by atoms with E-state index in [9.17, 15) is 0 Å². The Morgan fingerprint density at radius 1 is 1.26 bits per heavy atom. The summed E-state index contributed by atoms with van der Waals surface area (Å²) >= 11 is 1.59. The molecule has 0 aliphatic heterocycles. The number of nitrogen functional groups attached to an aromatic ring is 1. The summed E-state index contributed by atoms with van der Waals surface area (Å²) in [4.78, 5) is 4.94. The first kappa shape index (κ1) is 11.9. The van der Waals surface area contributed by atoms with Crippen LogP contribution < -0.4 is 5.73 Å². The van der Waals surface area contributed by atoms with E-state index in [1.165, 1.54) is 0 Å². The van der Waals surface area contributed by atoms with Crippen LogP contribution in [0.4, 0.5) is 5.69 Å². The average Bonchev–Trinajstić information content (AvgIpc) is 3.09. The topological polar surface area (TPSA) is 78.1 Å². The van der Waals surface area contributed by atoms with Crippen molar-refractivity contribution in [2.75, 3.05) is 5.73 Å². The SMILES string of the molecule is Nc1cnccc1SCc1cc(-c2ccco2)on1. The minimum absolute atomic E-state index is 0.628. The van der Waals surface area contributed by atoms with Gasteiger partial charge in [0.25, 0.3) is 0 Å². The van der Waals surface area contributed by atoms with Crippen LogP contribution in [0.1, 0.15) is 5.69 Å². The van der Waals surface area contributed by atoms with Gasteiger partial charge in [-0.15, -0.1) is 11.8 Å². The van der Waals surface area contributed by atoms with E-state index in [0.29, 0.717) is 23.0 Å². The highest BCUT2D eigenvalue weighted by Gasteiger charge is 2.09. The van der Waals surface area contributed by atoms with Crippen LogP contribution in [0, 0.1) is 0 Å². The van der Waals surface area contributed by atoms with E-state index in [2.05, 4.69) is 10.1 Å². The molecule has 3 aromatic rings. The molecule has 3 rings (SSSR count). The highest BCUT2D eigenvalue weighted by atomic mass is 32.2. The zero-order valence-electron chi connectivity index (χ0n) is 9.95. The molecule has 0 spiro atoms. The first-order valence-corrected chi connectivity index (χ1v) is 6.63. The molecule has 2 N–H and O–H groups in total. The third-order valence-corrected chi connectivity index (χ3v) is 3.63. The van der Waals surface area contributed by atoms with Crippen molar-refractivity contribution >= 4 is 17.4 Å². The molecule has 0 aliphatic carbocycles. The summed E-state index contributed by atoms with van der Waals surface area (Å²) in [5.74, 6) is 1.98. The van der Waals surface area contributed by atoms with Gasteiger partial charge in [0.2, 0.25) is 5.76 Å². The molecule has 0 bridgehead atoms. The first-order chi connectivity index (χ1) is 9.33. The number of pyridine rings is 1. The van der Waals surface area contributed by atoms with Gasteiger partial charge in [0.1, 0.15) is 0 Å². The molecule has 0 radical (unpaired) electrons. The van der Waals surface area contributed by atoms with Crippen LogP contribution in [-0.4, -0.2) is 10.1 Å². The van der Waals surface area contributed by atoms with E-state index in [4.69, 9.17) is 14.7 Å². The van der Waals surface area contributed by atoms with Gasteiger partial charge in [0, 0.05) is 22.9 Å². The van der Waals surface area contributed by atoms with Crippen molar-refractivity contribution < 1.29 is 8.94 Å². The van der Waals surface area contributed by atoms with Crippen LogP contribution in [0.3, 0.4) is 0 Å². The van der Waals surface area contributed by atoms with Crippen LogP contribution in [0.2, 0.25) is 0 Å². The van der Waals surface area contributed by atoms with Crippen LogP contribution in [-0.2, 0) is 5.75 Å². The number of hydrogen-bond acceptors (Lipinski definition) is 6. The van der Waals surface area contributed by atoms with Gasteiger partial charge in [-0.1, -0.05) is 5.16 Å². The molecule has 0 aliphatic rings. The van der Waals surface area contributed by atoms with E-state index >= 15 is 0 Å². The number of nitrogens with zero attached hydrogens (tertiary/aromatic N) is 2. The molecule has 0 fully saturated rings. The maximum Gasteiger partial charge on any atom is 0.202 e. The molecule has 0 atom stereocenters. The molecule has 3 heterocycles. The van der Waals surface area contributed by atoms with Gasteiger partial charge >= 0.3 is 0 Å². The Hall–Kier alpha value is -2.21. The smallest absolute Gasteiger partial charge is 0.202 e. The largest absolute Gasteiger partial charge is 0.461 e. The Balaban J connectivity index is 1.70. The number of thioether (sulfide) groups is 1. The van der Waals surface area contributed by atoms with Gasteiger partial charge in [-0.2, -0.15) is 0 Å². The minimum Gasteiger partial charge on any atom is -0.461 e. The Morgan fingerprint density at radius 3 is 3.00 bits per heavy atom. The molecule has 3 aromatic heterocycles. The second-order valence-electron chi connectivity index (χ2n) is 3.86. The Labute approximate surface area is 113 Å². The van der Waals surface area contributed by atoms with Crippen LogP contribution >= 0.6 is 11.8 Å². The molecule has 6 heteroatoms. The Morgan fingerprint density at radius 2 is 2.21 bits per heavy atom. The fourth-order valence-corrected chi connectivity index (χ4v) is 2.41. The monoisotopic (exact) mass is 273 g/mol. The van der Waals surface area contributed by atoms with E-state index < -0.39 is 0 Å². The lowest BCUT2D eigenvalue weighted by atomic mass is 10.3. The highest BCUT2D eigenvalue weighted by Crippen LogP contribution is 2.28. The number of aromatic nitrogens is 2. The van der Waals surface area contributed by atoms with Crippen molar-refractivity contribution in [3.05, 3.63) is 48.6 Å². The number of anilines is 1. The van der Waals surface area contributed by atoms with Crippen LogP contribution in [0.25, 0.3) is 11.5 Å². The summed E-state index contributed by atoms with van der Waals surface area (Å²) in [5.41, 5.74) is 7.33. The van der Waals surface area contributed by atoms with E-state index in [1.807, 2.05) is 24.3 Å². The van der Waals surface area contributed by atoms with Crippen molar-refractivity contribution in [1.82, 2.24) is 10.1 Å². The van der Waals surface area contributed by atoms with Crippen molar-refractivity contribution in [2.24, 2.45) is 0 Å². The Bertz CT molecular complexity index is 664. The zero-order chi connectivity index (χ0) is 13.1. The molecule has 96 valence electrons. The molecule has 0 aromatic carbocycles. The number of rotatable bonds is 4. The average molecular weight is 273 g/mol. The van der Waals surface area contributed by atoms with Gasteiger partial charge < -0.3 is 14.7 Å². The van der Waals surface area contributed by atoms with Crippen molar-refractivity contribution in [2.45, 2.75) is 10.6 Å². The van der Waals surface area contributed by atoms with Crippen LogP contribution in [0.5, 0.6) is 0 Å². The maximum absolute atomic E-state index is 5.82. The summed E-state index contributed by atoms with van der Waals surface area (Å²) in [5, 5.41) is 4.00. The summed E-state index contributed by atoms with van der Waals surface area (Å²) in [7, 11) is 0. The van der Waals surface area contributed by atoms with Gasteiger partial charge in [-0.3, -0.25) is 4.98 Å². The molecule has 5 nitrogen and oxygen atoms in total. The lowest BCUT2D eigenvalue weighted by Crippen LogP contribution is -1.89. The number of hydrogen-bond donors (Lipinski definition) is 1. The zero-order valence-corrected chi connectivity index (χ0v) is 10.8. The molecule has 0 unspecified atom stereocenters. The molecular weight excluding hydrogens is 262 g/mol. The van der Waals surface area contributed by atoms with Gasteiger partial charge in [0.05, 0.1) is 23.8 Å². The van der Waals surface area contributed by atoms with Crippen LogP contribution in [0.15, 0.2) is 56.8 Å². The molecule has 0 saturated heterocycles. The van der Waals surface area contributed by atoms with E-state index in [-0.39, 0.29) is 0 Å². The predicted molar refractivity (Wildman–Crippen MR) is 72.4 cm³/mol. The second kappa shape index (κ2) is 5.19. The highest BCUT2D eigenvalue weighted by molar-refractivity contribution is 7.98. The number of nitrogens with two attached hydrogens (primary N) is 1. The van der Waals surface area contributed by atoms with Crippen molar-refractivity contribution in [1.29, 1.82) is 0 Å². The molecule has 0 saturated carbocycles. The quantitative estimate of drug-likeness (QED) is 0.735. The molecule has 0 amide bonds. The maximum atomic E-state index is 5.82. The third kappa shape index (κ3) is 2.63. The van der Waals surface area contributed by atoms with E-state index in [0.717, 1.165) is 10.6 Å². The minimum atomic E-state index is 0.628. The predicted octanol–water partition coefficient (Wildman–Crippen LogP) is 3.20. The lowest BCUT2D eigenvalue weighted by molar-refractivity contribution is 0.413. The summed E-state index contributed by atoms with van der Waals surface area (Å²) < 4.78 is 10.5. The normalized spacial score (nSPS) is 10.7. The Kier molecular flexibility index (Phi) is 3.24. The van der Waals surface area contributed by atoms with Crippen molar-refractivity contribution in [3.63, 3.8) is 0 Å². The van der Waals surface area contributed by atoms with Gasteiger partial charge in [0.15, 0.2) is 5.76 Å². The first-order valence-electron chi connectivity index (χ1n) is 5.64. The van der Waals surface area contributed by atoms with Gasteiger partial charge in [-0.25, -0.2) is 0 Å². The second-order valence-corrected chi connectivity index (χ2v) is 4.88. The summed E-state index contributed by atoms with van der Waals surface area (Å²) in [6.07, 6.45) is 4.96. The molecule has 19 heavy (non-hydrogen) atoms. The van der Waals surface area contributed by atoms with E-state index in [1.54, 1.807) is 30.4 Å². The molecular formula is C13H11N3O2S. The number of furan rings is 1. The fraction of sp³-hybridized carbons (Fsp3) is 0.0769. The van der Waals surface area contributed by atoms with Crippen molar-refractivity contribution in [3.8, 4) is 11.5 Å². The van der Waals surface area contributed by atoms with Gasteiger partial charge in [-0.05, 0) is 18.2 Å². The fourth-order valence-electron chi connectivity index (χ4n) is 1.59. The lowest BCUT2D eigenvalue weighted by Gasteiger charge is -2.01. The summed E-state index contributed by atoms with van der Waals surface area (Å²) in [6, 6.07) is 7.39. The third-order valence-electron chi connectivity index (χ3n) is 2.51.